The number of hydrazine groups is 1. The zero-order valence-electron chi connectivity index (χ0n) is 22.1. The van der Waals surface area contributed by atoms with Crippen LogP contribution in [0.25, 0.3) is 0 Å². The minimum absolute atomic E-state index is 0.197. The van der Waals surface area contributed by atoms with E-state index >= 15 is 0 Å². The Kier molecular flexibility index (Phi) is 24.2. The number of halogens is 2. The first-order valence-electron chi connectivity index (χ1n) is 12.4. The number of nitrogens with zero attached hydrogens (tertiary/aromatic N) is 2. The van der Waals surface area contributed by atoms with E-state index in [-0.39, 0.29) is 26.3 Å². The van der Waals surface area contributed by atoms with Crippen LogP contribution in [0.3, 0.4) is 0 Å². The molecule has 0 spiro atoms. The van der Waals surface area contributed by atoms with Gasteiger partial charge in [-0.15, -0.1) is 0 Å². The van der Waals surface area contributed by atoms with E-state index < -0.39 is 36.7 Å². The third kappa shape index (κ3) is 19.3. The molecule has 0 aliphatic rings. The number of carbonyl (C=O) groups excluding carboxylic acids is 4. The van der Waals surface area contributed by atoms with E-state index in [1.165, 1.54) is 9.97 Å². The van der Waals surface area contributed by atoms with Gasteiger partial charge in [-0.05, 0) is 22.8 Å². The molecule has 0 unspecified atom stereocenters. The van der Waals surface area contributed by atoms with Gasteiger partial charge in [0.25, 0.3) is 11.8 Å². The van der Waals surface area contributed by atoms with E-state index in [2.05, 4.69) is 42.5 Å². The van der Waals surface area contributed by atoms with Gasteiger partial charge in [0.05, 0.1) is 39.6 Å². The van der Waals surface area contributed by atoms with Gasteiger partial charge in [0.15, 0.2) is 0 Å². The van der Waals surface area contributed by atoms with Crippen LogP contribution in [0.1, 0.15) is 26.7 Å². The summed E-state index contributed by atoms with van der Waals surface area (Å²) in [6.07, 6.45) is 4.09. The molecule has 4 amide bonds. The Morgan fingerprint density at radius 1 is 0.605 bits per heavy atom. The van der Waals surface area contributed by atoms with Crippen molar-refractivity contribution < 1.29 is 38.1 Å². The lowest BCUT2D eigenvalue weighted by atomic mass is 10.4. The molecule has 0 fully saturated rings. The highest BCUT2D eigenvalue weighted by molar-refractivity contribution is 9.11. The van der Waals surface area contributed by atoms with Gasteiger partial charge >= 0.3 is 0 Å². The van der Waals surface area contributed by atoms with E-state index in [1.54, 1.807) is 0 Å². The summed E-state index contributed by atoms with van der Waals surface area (Å²) in [7, 11) is 0. The van der Waals surface area contributed by atoms with E-state index in [0.29, 0.717) is 39.6 Å². The van der Waals surface area contributed by atoms with Gasteiger partial charge in [0.1, 0.15) is 13.1 Å². The van der Waals surface area contributed by atoms with Crippen LogP contribution in [0.15, 0.2) is 22.1 Å². The maximum absolute atomic E-state index is 12.7. The molecule has 2 N–H and O–H groups in total. The summed E-state index contributed by atoms with van der Waals surface area (Å²) in [6.45, 7) is 6.96. The number of rotatable bonds is 22. The first-order valence-corrected chi connectivity index (χ1v) is 14.2. The monoisotopic (exact) mass is 670 g/mol. The zero-order valence-corrected chi connectivity index (χ0v) is 25.3. The summed E-state index contributed by atoms with van der Waals surface area (Å²) in [4.78, 5) is 53.1. The molecule has 0 aromatic heterocycles. The molecule has 0 radical (unpaired) electrons. The van der Waals surface area contributed by atoms with Crippen molar-refractivity contribution in [3.8, 4) is 0 Å². The van der Waals surface area contributed by atoms with Crippen LogP contribution in [0.5, 0.6) is 0 Å². The zero-order chi connectivity index (χ0) is 28.4. The Labute approximate surface area is 241 Å². The van der Waals surface area contributed by atoms with Crippen LogP contribution in [0.2, 0.25) is 0 Å². The Balaban J connectivity index is 4.93. The second kappa shape index (κ2) is 25.4. The van der Waals surface area contributed by atoms with Gasteiger partial charge in [-0.1, -0.05) is 45.7 Å². The predicted octanol–water partition coefficient (Wildman–Crippen LogP) is 1.49. The van der Waals surface area contributed by atoms with Crippen LogP contribution in [-0.4, -0.2) is 113 Å². The topological polar surface area (TPSA) is 136 Å². The lowest BCUT2D eigenvalue weighted by Gasteiger charge is -2.32. The fourth-order valence-electron chi connectivity index (χ4n) is 2.69. The maximum Gasteiger partial charge on any atom is 0.266 e. The molecule has 0 heterocycles. The Bertz CT molecular complexity index is 680. The Morgan fingerprint density at radius 2 is 0.947 bits per heavy atom. The molecule has 0 aliphatic carbocycles. The van der Waals surface area contributed by atoms with E-state index in [1.807, 2.05) is 13.8 Å². The van der Waals surface area contributed by atoms with Crippen molar-refractivity contribution in [2.75, 3.05) is 79.0 Å². The normalized spacial score (nSPS) is 11.2. The highest BCUT2D eigenvalue weighted by atomic mass is 79.9. The average molecular weight is 672 g/mol. The van der Waals surface area contributed by atoms with E-state index in [9.17, 15) is 19.2 Å². The fraction of sp³-hybridized carbons (Fsp3) is 0.667. The van der Waals surface area contributed by atoms with Crippen molar-refractivity contribution >= 4 is 55.5 Å². The summed E-state index contributed by atoms with van der Waals surface area (Å²) in [6, 6.07) is 0. The van der Waals surface area contributed by atoms with Crippen LogP contribution < -0.4 is 10.6 Å². The molecule has 38 heavy (non-hydrogen) atoms. The van der Waals surface area contributed by atoms with Crippen molar-refractivity contribution in [1.29, 1.82) is 0 Å². The molecule has 0 rings (SSSR count). The van der Waals surface area contributed by atoms with Crippen LogP contribution >= 0.6 is 31.9 Å². The van der Waals surface area contributed by atoms with Crippen molar-refractivity contribution in [1.82, 2.24) is 20.7 Å². The molecule has 0 bridgehead atoms. The van der Waals surface area contributed by atoms with Gasteiger partial charge in [0, 0.05) is 38.5 Å². The summed E-state index contributed by atoms with van der Waals surface area (Å²) in [5.74, 6) is -2.43. The summed E-state index contributed by atoms with van der Waals surface area (Å²) in [5, 5.41) is 7.05. The number of ether oxygens (including phenoxy) is 4. The second-order valence-corrected chi connectivity index (χ2v) is 8.58. The average Bonchev–Trinajstić information content (AvgIpc) is 2.89. The molecule has 0 aromatic carbocycles. The fourth-order valence-corrected chi connectivity index (χ4v) is 3.14. The number of amides is 4. The summed E-state index contributed by atoms with van der Waals surface area (Å²) in [5.41, 5.74) is 0. The second-order valence-electron chi connectivity index (χ2n) is 7.53. The van der Waals surface area contributed by atoms with Crippen LogP contribution in [0.4, 0.5) is 0 Å². The van der Waals surface area contributed by atoms with Gasteiger partial charge in [-0.2, -0.15) is 0 Å². The maximum atomic E-state index is 12.7. The first kappa shape index (κ1) is 36.2. The Hall–Kier alpha value is -1.84. The smallest absolute Gasteiger partial charge is 0.266 e. The van der Waals surface area contributed by atoms with Crippen molar-refractivity contribution in [3.63, 3.8) is 0 Å². The standard InChI is InChI=1S/C24H40Br2N4O8/c1-3-11-35-15-17-37-13-9-27-21(31)19-29(23(33)5-7-25)30(24(34)6-8-26)20-22(32)28-10-14-38-18-16-36-12-4-2/h5-8H,3-4,9-20H2,1-2H3,(H,27,31)(H,28,32)/b7-5+,8-6+. The predicted molar refractivity (Wildman–Crippen MR) is 149 cm³/mol. The minimum atomic E-state index is -0.680. The molecular weight excluding hydrogens is 632 g/mol. The third-order valence-corrected chi connectivity index (χ3v) is 4.90. The van der Waals surface area contributed by atoms with Crippen molar-refractivity contribution in [2.45, 2.75) is 26.7 Å². The molecule has 0 saturated heterocycles. The SMILES string of the molecule is CCCOCCOCCNC(=O)CN(C(=O)/C=C/Br)N(CC(=O)NCCOCCOCCC)C(=O)/C=C/Br. The molecule has 14 heteroatoms. The molecule has 0 saturated carbocycles. The quantitative estimate of drug-likeness (QED) is 0.100. The third-order valence-electron chi connectivity index (χ3n) is 4.38. The molecule has 0 atom stereocenters. The highest BCUT2D eigenvalue weighted by Crippen LogP contribution is 2.05. The van der Waals surface area contributed by atoms with Gasteiger partial charge in [0.2, 0.25) is 11.8 Å². The molecular formula is C24H40Br2N4O8. The van der Waals surface area contributed by atoms with Gasteiger partial charge in [-0.25, -0.2) is 10.0 Å². The number of hydrogen-bond donors (Lipinski definition) is 2. The van der Waals surface area contributed by atoms with E-state index in [0.717, 1.165) is 35.0 Å². The largest absolute Gasteiger partial charge is 0.379 e. The number of nitrogens with one attached hydrogen (secondary N) is 2. The molecule has 218 valence electrons. The Morgan fingerprint density at radius 3 is 1.26 bits per heavy atom. The van der Waals surface area contributed by atoms with Crippen LogP contribution in [-0.2, 0) is 38.1 Å². The van der Waals surface area contributed by atoms with E-state index in [4.69, 9.17) is 18.9 Å². The highest BCUT2D eigenvalue weighted by Gasteiger charge is 2.27. The lowest BCUT2D eigenvalue weighted by Crippen LogP contribution is -2.55. The lowest BCUT2D eigenvalue weighted by molar-refractivity contribution is -0.162. The van der Waals surface area contributed by atoms with Crippen molar-refractivity contribution in [2.24, 2.45) is 0 Å². The number of carbonyl (C=O) groups is 4. The summed E-state index contributed by atoms with van der Waals surface area (Å²) < 4.78 is 21.4. The molecule has 0 aliphatic heterocycles. The number of hydrogen-bond acceptors (Lipinski definition) is 8. The van der Waals surface area contributed by atoms with Crippen LogP contribution in [0, 0.1) is 0 Å². The summed E-state index contributed by atoms with van der Waals surface area (Å²) >= 11 is 6.04. The molecule has 0 aromatic rings. The first-order chi connectivity index (χ1) is 18.4. The molecule has 12 nitrogen and oxygen atoms in total. The van der Waals surface area contributed by atoms with Gasteiger partial charge in [-0.3, -0.25) is 19.2 Å². The van der Waals surface area contributed by atoms with Crippen molar-refractivity contribution in [3.05, 3.63) is 22.1 Å². The van der Waals surface area contributed by atoms with Gasteiger partial charge < -0.3 is 29.6 Å². The minimum Gasteiger partial charge on any atom is -0.379 e.